The van der Waals surface area contributed by atoms with Crippen LogP contribution in [-0.2, 0) is 6.42 Å². The summed E-state index contributed by atoms with van der Waals surface area (Å²) in [5.41, 5.74) is 2.53. The number of benzene rings is 1. The zero-order valence-electron chi connectivity index (χ0n) is 11.6. The highest BCUT2D eigenvalue weighted by Gasteiger charge is 2.10. The molecular formula is C15H19BrN4. The molecule has 0 unspecified atom stereocenters. The van der Waals surface area contributed by atoms with Crippen molar-refractivity contribution in [3.8, 4) is 0 Å². The Hall–Kier alpha value is -1.49. The summed E-state index contributed by atoms with van der Waals surface area (Å²) >= 11 is 3.53. The summed E-state index contributed by atoms with van der Waals surface area (Å²) in [4.78, 5) is 10.0. The van der Waals surface area contributed by atoms with Crippen LogP contribution in [0.15, 0.2) is 33.9 Å². The average Bonchev–Trinajstić information content (AvgIpc) is 2.83. The number of hydrogen-bond donors (Lipinski definition) is 2. The number of guanidine groups is 1. The van der Waals surface area contributed by atoms with Gasteiger partial charge in [0, 0.05) is 48.3 Å². The molecule has 2 heterocycles. The van der Waals surface area contributed by atoms with Gasteiger partial charge in [0.25, 0.3) is 0 Å². The van der Waals surface area contributed by atoms with E-state index in [4.69, 9.17) is 0 Å². The van der Waals surface area contributed by atoms with E-state index in [1.807, 2.05) is 0 Å². The Morgan fingerprint density at radius 1 is 1.45 bits per heavy atom. The average molecular weight is 335 g/mol. The van der Waals surface area contributed by atoms with Crippen molar-refractivity contribution in [1.29, 1.82) is 0 Å². The molecule has 2 N–H and O–H groups in total. The van der Waals surface area contributed by atoms with E-state index in [0.717, 1.165) is 42.9 Å². The Labute approximate surface area is 127 Å². The number of H-pyrrole nitrogens is 1. The van der Waals surface area contributed by atoms with E-state index < -0.39 is 0 Å². The Morgan fingerprint density at radius 3 is 3.20 bits per heavy atom. The number of nitrogens with zero attached hydrogens (tertiary/aromatic N) is 2. The van der Waals surface area contributed by atoms with Crippen LogP contribution in [0.1, 0.15) is 12.0 Å². The molecule has 0 aliphatic carbocycles. The number of aromatic amines is 1. The van der Waals surface area contributed by atoms with Gasteiger partial charge in [0.15, 0.2) is 5.96 Å². The second kappa shape index (κ2) is 5.87. The highest BCUT2D eigenvalue weighted by molar-refractivity contribution is 9.10. The maximum Gasteiger partial charge on any atom is 0.193 e. The fourth-order valence-corrected chi connectivity index (χ4v) is 2.94. The van der Waals surface area contributed by atoms with Crippen LogP contribution in [0, 0.1) is 0 Å². The van der Waals surface area contributed by atoms with Crippen molar-refractivity contribution in [2.24, 2.45) is 4.99 Å². The van der Waals surface area contributed by atoms with Gasteiger partial charge >= 0.3 is 0 Å². The highest BCUT2D eigenvalue weighted by Crippen LogP contribution is 2.22. The number of rotatable bonds is 3. The molecule has 106 valence electrons. The van der Waals surface area contributed by atoms with E-state index in [2.05, 4.69) is 67.6 Å². The SMILES string of the molecule is CN1CCCN=C1NCCc1c[nH]c2ccc(Br)cc12. The Morgan fingerprint density at radius 2 is 2.35 bits per heavy atom. The summed E-state index contributed by atoms with van der Waals surface area (Å²) in [6.07, 6.45) is 4.24. The molecule has 4 nitrogen and oxygen atoms in total. The summed E-state index contributed by atoms with van der Waals surface area (Å²) < 4.78 is 1.12. The second-order valence-electron chi connectivity index (χ2n) is 5.16. The molecule has 0 atom stereocenters. The van der Waals surface area contributed by atoms with Crippen LogP contribution in [0.4, 0.5) is 0 Å². The Bertz CT molecular complexity index is 632. The van der Waals surface area contributed by atoms with Gasteiger partial charge < -0.3 is 15.2 Å². The predicted octanol–water partition coefficient (Wildman–Crippen LogP) is 2.75. The van der Waals surface area contributed by atoms with Crippen LogP contribution in [0.2, 0.25) is 0 Å². The van der Waals surface area contributed by atoms with Gasteiger partial charge in [-0.2, -0.15) is 0 Å². The topological polar surface area (TPSA) is 43.4 Å². The monoisotopic (exact) mass is 334 g/mol. The lowest BCUT2D eigenvalue weighted by molar-refractivity contribution is 0.447. The van der Waals surface area contributed by atoms with Gasteiger partial charge in [-0.1, -0.05) is 15.9 Å². The molecule has 0 fully saturated rings. The number of hydrogen-bond acceptors (Lipinski definition) is 3. The van der Waals surface area contributed by atoms with E-state index in [1.54, 1.807) is 0 Å². The van der Waals surface area contributed by atoms with Crippen LogP contribution in [0.3, 0.4) is 0 Å². The molecule has 1 aromatic heterocycles. The third-order valence-corrected chi connectivity index (χ3v) is 4.17. The van der Waals surface area contributed by atoms with E-state index in [0.29, 0.717) is 0 Å². The lowest BCUT2D eigenvalue weighted by Gasteiger charge is -2.25. The van der Waals surface area contributed by atoms with E-state index in [9.17, 15) is 0 Å². The summed E-state index contributed by atoms with van der Waals surface area (Å²) in [7, 11) is 2.09. The van der Waals surface area contributed by atoms with Gasteiger partial charge in [0.1, 0.15) is 0 Å². The third kappa shape index (κ3) is 2.82. The van der Waals surface area contributed by atoms with Crippen molar-refractivity contribution >= 4 is 32.8 Å². The van der Waals surface area contributed by atoms with Gasteiger partial charge in [-0.15, -0.1) is 0 Å². The van der Waals surface area contributed by atoms with Crippen molar-refractivity contribution < 1.29 is 0 Å². The van der Waals surface area contributed by atoms with Gasteiger partial charge in [-0.05, 0) is 36.6 Å². The first-order valence-corrected chi connectivity index (χ1v) is 7.78. The van der Waals surface area contributed by atoms with E-state index in [1.165, 1.54) is 16.5 Å². The normalized spacial score (nSPS) is 15.5. The lowest BCUT2D eigenvalue weighted by Crippen LogP contribution is -2.42. The molecule has 0 spiro atoms. The number of aromatic nitrogens is 1. The molecular weight excluding hydrogens is 316 g/mol. The van der Waals surface area contributed by atoms with E-state index in [-0.39, 0.29) is 0 Å². The molecule has 2 aromatic rings. The van der Waals surface area contributed by atoms with Gasteiger partial charge in [0.2, 0.25) is 0 Å². The summed E-state index contributed by atoms with van der Waals surface area (Å²) in [5, 5.41) is 4.73. The van der Waals surface area contributed by atoms with Crippen LogP contribution in [0.5, 0.6) is 0 Å². The lowest BCUT2D eigenvalue weighted by atomic mass is 10.1. The summed E-state index contributed by atoms with van der Waals surface area (Å²) in [5.74, 6) is 1.03. The molecule has 0 bridgehead atoms. The quantitative estimate of drug-likeness (QED) is 0.906. The molecule has 0 radical (unpaired) electrons. The first kappa shape index (κ1) is 13.5. The molecule has 3 rings (SSSR count). The molecule has 1 aliphatic rings. The fourth-order valence-electron chi connectivity index (χ4n) is 2.58. The van der Waals surface area contributed by atoms with Gasteiger partial charge in [-0.25, -0.2) is 0 Å². The highest BCUT2D eigenvalue weighted by atomic mass is 79.9. The number of halogens is 1. The van der Waals surface area contributed by atoms with Crippen LogP contribution < -0.4 is 5.32 Å². The Balaban J connectivity index is 1.65. The zero-order chi connectivity index (χ0) is 13.9. The molecule has 1 aliphatic heterocycles. The fraction of sp³-hybridized carbons (Fsp3) is 0.400. The minimum atomic E-state index is 0.905. The summed E-state index contributed by atoms with van der Waals surface area (Å²) in [6, 6.07) is 6.34. The van der Waals surface area contributed by atoms with Crippen molar-refractivity contribution in [1.82, 2.24) is 15.2 Å². The van der Waals surface area contributed by atoms with Crippen molar-refractivity contribution in [2.75, 3.05) is 26.7 Å². The molecule has 1 aromatic carbocycles. The smallest absolute Gasteiger partial charge is 0.193 e. The predicted molar refractivity (Wildman–Crippen MR) is 87.3 cm³/mol. The minimum absolute atomic E-state index is 0.905. The van der Waals surface area contributed by atoms with Crippen molar-refractivity contribution in [2.45, 2.75) is 12.8 Å². The van der Waals surface area contributed by atoms with E-state index >= 15 is 0 Å². The summed E-state index contributed by atoms with van der Waals surface area (Å²) in [6.45, 7) is 2.93. The van der Waals surface area contributed by atoms with Gasteiger partial charge in [0.05, 0.1) is 0 Å². The first-order chi connectivity index (χ1) is 9.74. The third-order valence-electron chi connectivity index (χ3n) is 3.68. The maximum absolute atomic E-state index is 4.52. The van der Waals surface area contributed by atoms with Gasteiger partial charge in [-0.3, -0.25) is 4.99 Å². The number of nitrogens with one attached hydrogen (secondary N) is 2. The standard InChI is InChI=1S/C15H19BrN4/c1-20-8-2-6-17-15(20)18-7-5-11-10-19-14-4-3-12(16)9-13(11)14/h3-4,9-10,19H,2,5-8H2,1H3,(H,17,18). The zero-order valence-corrected chi connectivity index (χ0v) is 13.2. The minimum Gasteiger partial charge on any atom is -0.361 e. The van der Waals surface area contributed by atoms with Crippen LogP contribution in [-0.4, -0.2) is 42.5 Å². The van der Waals surface area contributed by atoms with Crippen molar-refractivity contribution in [3.05, 3.63) is 34.4 Å². The number of aliphatic imine (C=N–C) groups is 1. The van der Waals surface area contributed by atoms with Crippen LogP contribution in [0.25, 0.3) is 10.9 Å². The van der Waals surface area contributed by atoms with Crippen molar-refractivity contribution in [3.63, 3.8) is 0 Å². The maximum atomic E-state index is 4.52. The molecule has 0 amide bonds. The number of fused-ring (bicyclic) bond motifs is 1. The molecule has 20 heavy (non-hydrogen) atoms. The van der Waals surface area contributed by atoms with Crippen LogP contribution >= 0.6 is 15.9 Å². The largest absolute Gasteiger partial charge is 0.361 e. The molecule has 0 saturated carbocycles. The second-order valence-corrected chi connectivity index (χ2v) is 6.08. The molecule has 0 saturated heterocycles. The molecule has 5 heteroatoms. The Kier molecular flexibility index (Phi) is 3.96. The first-order valence-electron chi connectivity index (χ1n) is 6.99.